The van der Waals surface area contributed by atoms with Crippen LogP contribution >= 0.6 is 0 Å². The summed E-state index contributed by atoms with van der Waals surface area (Å²) in [4.78, 5) is 47.7. The second-order valence-corrected chi connectivity index (χ2v) is 11.7. The lowest BCUT2D eigenvalue weighted by Crippen LogP contribution is -2.61. The van der Waals surface area contributed by atoms with Crippen LogP contribution in [0.3, 0.4) is 0 Å². The minimum absolute atomic E-state index is 0.107. The number of amides is 2. The molecule has 240 valence electrons. The first-order valence-corrected chi connectivity index (χ1v) is 16.5. The number of carbonyl (C=O) groups is 4. The van der Waals surface area contributed by atoms with Gasteiger partial charge in [0.2, 0.25) is 11.8 Å². The number of carboxylic acids is 2. The van der Waals surface area contributed by atoms with Gasteiger partial charge in [0.1, 0.15) is 6.54 Å². The Morgan fingerprint density at radius 1 is 0.561 bits per heavy atom. The molecule has 0 aliphatic heterocycles. The molecule has 2 amide bonds. The minimum atomic E-state index is -1.35. The lowest BCUT2D eigenvalue weighted by Gasteiger charge is -2.37. The molecule has 0 spiro atoms. The Bertz CT molecular complexity index is 643. The Hall–Kier alpha value is -2.16. The normalized spacial score (nSPS) is 11.4. The van der Waals surface area contributed by atoms with Gasteiger partial charge in [-0.3, -0.25) is 9.59 Å². The summed E-state index contributed by atoms with van der Waals surface area (Å²) in [7, 11) is 0. The number of quaternary nitrogens is 1. The zero-order valence-electron chi connectivity index (χ0n) is 26.3. The highest BCUT2D eigenvalue weighted by atomic mass is 16.4. The van der Waals surface area contributed by atoms with Crippen LogP contribution in [0.2, 0.25) is 0 Å². The van der Waals surface area contributed by atoms with Gasteiger partial charge in [-0.2, -0.15) is 0 Å². The van der Waals surface area contributed by atoms with E-state index in [2.05, 4.69) is 24.5 Å². The molecule has 0 unspecified atom stereocenters. The fourth-order valence-corrected chi connectivity index (χ4v) is 5.28. The number of rotatable bonds is 30. The van der Waals surface area contributed by atoms with Crippen LogP contribution < -0.4 is 15.7 Å². The van der Waals surface area contributed by atoms with E-state index in [9.17, 15) is 29.4 Å². The maximum atomic E-state index is 12.3. The fourth-order valence-electron chi connectivity index (χ4n) is 5.28. The monoisotopic (exact) mass is 583 g/mol. The van der Waals surface area contributed by atoms with E-state index in [1.54, 1.807) is 0 Å². The quantitative estimate of drug-likeness (QED) is 0.0828. The molecule has 41 heavy (non-hydrogen) atoms. The molecule has 0 atom stereocenters. The van der Waals surface area contributed by atoms with Crippen molar-refractivity contribution < 1.29 is 33.9 Å². The third kappa shape index (κ3) is 25.3. The van der Waals surface area contributed by atoms with Crippen LogP contribution in [-0.4, -0.2) is 72.6 Å². The van der Waals surface area contributed by atoms with Gasteiger partial charge in [-0.25, -0.2) is 4.79 Å². The molecule has 0 aromatic heterocycles. The van der Waals surface area contributed by atoms with Crippen molar-refractivity contribution in [3.63, 3.8) is 0 Å². The molecule has 0 bridgehead atoms. The van der Waals surface area contributed by atoms with Gasteiger partial charge < -0.3 is 30.1 Å². The van der Waals surface area contributed by atoms with Crippen LogP contribution in [0.1, 0.15) is 142 Å². The smallest absolute Gasteiger partial charge is 0.359 e. The fraction of sp³-hybridized carbons (Fsp3) is 0.875. The predicted octanol–water partition coefficient (Wildman–Crippen LogP) is 4.71. The van der Waals surface area contributed by atoms with Gasteiger partial charge in [0.15, 0.2) is 6.54 Å². The second kappa shape index (κ2) is 26.7. The standard InChI is InChI=1S/C32H61N3O6/c1-3-5-7-9-11-13-15-17-19-21-29(36)33-23-25-35(27-31(38)39,28-32(40)41)26-24-34-30(37)22-20-18-16-14-12-10-8-6-4-2/h3-28H2,1-2H3,(H3-,33,34,36,37,38,39,40,41). The first-order chi connectivity index (χ1) is 19.7. The van der Waals surface area contributed by atoms with E-state index in [1.807, 2.05) is 0 Å². The molecule has 9 heteroatoms. The number of aliphatic carboxylic acids is 2. The van der Waals surface area contributed by atoms with E-state index < -0.39 is 25.0 Å². The molecule has 0 aliphatic carbocycles. The predicted molar refractivity (Wildman–Crippen MR) is 162 cm³/mol. The first kappa shape index (κ1) is 38.8. The van der Waals surface area contributed by atoms with Crippen molar-refractivity contribution in [3.05, 3.63) is 0 Å². The van der Waals surface area contributed by atoms with Gasteiger partial charge in [0, 0.05) is 12.8 Å². The number of hydrogen-bond donors (Lipinski definition) is 3. The van der Waals surface area contributed by atoms with Crippen molar-refractivity contribution in [1.82, 2.24) is 10.6 Å². The van der Waals surface area contributed by atoms with Gasteiger partial charge in [-0.1, -0.05) is 117 Å². The van der Waals surface area contributed by atoms with Crippen LogP contribution in [0, 0.1) is 0 Å². The summed E-state index contributed by atoms with van der Waals surface area (Å²) in [5.74, 6) is -2.70. The number of hydrogen-bond acceptors (Lipinski definition) is 5. The van der Waals surface area contributed by atoms with Gasteiger partial charge >= 0.3 is 5.97 Å². The maximum Gasteiger partial charge on any atom is 0.359 e. The molecule has 0 saturated carbocycles. The first-order valence-electron chi connectivity index (χ1n) is 16.5. The molecular formula is C32H61N3O6. The van der Waals surface area contributed by atoms with Crippen molar-refractivity contribution in [1.29, 1.82) is 0 Å². The molecular weight excluding hydrogens is 522 g/mol. The van der Waals surface area contributed by atoms with Crippen LogP contribution in [0.5, 0.6) is 0 Å². The highest BCUT2D eigenvalue weighted by Gasteiger charge is 2.30. The SMILES string of the molecule is CCCCCCCCCCCC(=O)NCC[N+](CCNC(=O)CCCCCCCCCCC)(CC(=O)[O-])CC(=O)O. The molecule has 0 radical (unpaired) electrons. The van der Waals surface area contributed by atoms with Crippen molar-refractivity contribution >= 4 is 23.8 Å². The Morgan fingerprint density at radius 3 is 1.22 bits per heavy atom. The topological polar surface area (TPSA) is 136 Å². The average molecular weight is 584 g/mol. The number of nitrogens with one attached hydrogen (secondary N) is 2. The highest BCUT2D eigenvalue weighted by molar-refractivity contribution is 5.76. The average Bonchev–Trinajstić information content (AvgIpc) is 2.90. The Kier molecular flexibility index (Phi) is 25.3. The van der Waals surface area contributed by atoms with Gasteiger partial charge in [0.25, 0.3) is 0 Å². The number of carbonyl (C=O) groups excluding carboxylic acids is 3. The van der Waals surface area contributed by atoms with Crippen molar-refractivity contribution in [2.75, 3.05) is 39.3 Å². The zero-order valence-corrected chi connectivity index (χ0v) is 26.3. The number of carboxylic acid groups (broad SMARTS) is 2. The Labute approximate surface area is 249 Å². The number of unbranched alkanes of at least 4 members (excludes halogenated alkanes) is 16. The zero-order chi connectivity index (χ0) is 30.6. The molecule has 0 rings (SSSR count). The van der Waals surface area contributed by atoms with Crippen molar-refractivity contribution in [3.8, 4) is 0 Å². The minimum Gasteiger partial charge on any atom is -0.544 e. The van der Waals surface area contributed by atoms with Crippen LogP contribution in [0.4, 0.5) is 0 Å². The third-order valence-electron chi connectivity index (χ3n) is 7.77. The van der Waals surface area contributed by atoms with Gasteiger partial charge in [-0.15, -0.1) is 0 Å². The summed E-state index contributed by atoms with van der Waals surface area (Å²) in [5, 5.41) is 26.6. The van der Waals surface area contributed by atoms with Crippen LogP contribution in [-0.2, 0) is 19.2 Å². The number of nitrogens with zero attached hydrogens (tertiary/aromatic N) is 1. The lowest BCUT2D eigenvalue weighted by molar-refractivity contribution is -0.913. The molecule has 0 saturated heterocycles. The second-order valence-electron chi connectivity index (χ2n) is 11.7. The van der Waals surface area contributed by atoms with Crippen molar-refractivity contribution in [2.24, 2.45) is 0 Å². The van der Waals surface area contributed by atoms with Crippen molar-refractivity contribution in [2.45, 2.75) is 142 Å². The van der Waals surface area contributed by atoms with E-state index in [0.29, 0.717) is 12.8 Å². The molecule has 0 fully saturated rings. The summed E-state index contributed by atoms with van der Waals surface area (Å²) in [6, 6.07) is 0. The van der Waals surface area contributed by atoms with Crippen LogP contribution in [0.25, 0.3) is 0 Å². The molecule has 9 nitrogen and oxygen atoms in total. The Morgan fingerprint density at radius 2 is 0.902 bits per heavy atom. The third-order valence-corrected chi connectivity index (χ3v) is 7.77. The van der Waals surface area contributed by atoms with Crippen LogP contribution in [0.15, 0.2) is 0 Å². The van der Waals surface area contributed by atoms with E-state index in [1.165, 1.54) is 77.0 Å². The van der Waals surface area contributed by atoms with E-state index in [-0.39, 0.29) is 42.5 Å². The summed E-state index contributed by atoms with van der Waals surface area (Å²) >= 11 is 0. The molecule has 0 aliphatic rings. The Balaban J connectivity index is 4.38. The summed E-state index contributed by atoms with van der Waals surface area (Å²) in [5.41, 5.74) is 0. The summed E-state index contributed by atoms with van der Waals surface area (Å²) < 4.78 is -0.297. The molecule has 0 aromatic rings. The van der Waals surface area contributed by atoms with Gasteiger partial charge in [0.05, 0.1) is 32.1 Å². The van der Waals surface area contributed by atoms with E-state index in [0.717, 1.165) is 38.5 Å². The largest absolute Gasteiger partial charge is 0.544 e. The molecule has 0 aromatic carbocycles. The van der Waals surface area contributed by atoms with Gasteiger partial charge in [-0.05, 0) is 12.8 Å². The van der Waals surface area contributed by atoms with E-state index >= 15 is 0 Å². The summed E-state index contributed by atoms with van der Waals surface area (Å²) in [6.45, 7) is 4.12. The van der Waals surface area contributed by atoms with E-state index in [4.69, 9.17) is 0 Å². The highest BCUT2D eigenvalue weighted by Crippen LogP contribution is 2.12. The molecule has 3 N–H and O–H groups in total. The maximum absolute atomic E-state index is 12.3. The summed E-state index contributed by atoms with van der Waals surface area (Å²) in [6.07, 6.45) is 21.8. The lowest BCUT2D eigenvalue weighted by atomic mass is 10.1. The molecule has 0 heterocycles.